The first-order valence-corrected chi connectivity index (χ1v) is 8.42. The van der Waals surface area contributed by atoms with Crippen LogP contribution in [0.1, 0.15) is 15.9 Å². The molecule has 1 atom stereocenters. The molecule has 0 saturated heterocycles. The number of nitrogens with one attached hydrogen (secondary N) is 1. The van der Waals surface area contributed by atoms with Gasteiger partial charge in [-0.15, -0.1) is 0 Å². The van der Waals surface area contributed by atoms with E-state index in [2.05, 4.69) is 4.72 Å². The molecule has 3 rings (SSSR count). The smallest absolute Gasteiger partial charge is 0.193 e. The van der Waals surface area contributed by atoms with Gasteiger partial charge in [0.1, 0.15) is 16.8 Å². The van der Waals surface area contributed by atoms with Crippen LogP contribution in [0, 0.1) is 5.82 Å². The lowest BCUT2D eigenvalue weighted by atomic mass is 10.0. The van der Waals surface area contributed by atoms with Crippen LogP contribution in [0.25, 0.3) is 0 Å². The Bertz CT molecular complexity index is 862. The maximum absolute atomic E-state index is 12.9. The fourth-order valence-electron chi connectivity index (χ4n) is 2.17. The summed E-state index contributed by atoms with van der Waals surface area (Å²) in [5, 5.41) is 0. The summed E-state index contributed by atoms with van der Waals surface area (Å²) in [6, 6.07) is 21.1. The summed E-state index contributed by atoms with van der Waals surface area (Å²) < 4.78 is 28.0. The van der Waals surface area contributed by atoms with Gasteiger partial charge in [-0.25, -0.2) is 8.60 Å². The zero-order valence-electron chi connectivity index (χ0n) is 12.6. The second-order valence-electron chi connectivity index (χ2n) is 5.10. The Morgan fingerprint density at radius 2 is 1.33 bits per heavy atom. The van der Waals surface area contributed by atoms with Gasteiger partial charge in [-0.05, 0) is 60.7 Å². The van der Waals surface area contributed by atoms with Crippen LogP contribution in [0.2, 0.25) is 0 Å². The summed E-state index contributed by atoms with van der Waals surface area (Å²) in [6.45, 7) is 0. The maximum Gasteiger partial charge on any atom is 0.193 e. The fourth-order valence-corrected chi connectivity index (χ4v) is 3.04. The van der Waals surface area contributed by atoms with Gasteiger partial charge in [-0.2, -0.15) is 0 Å². The number of hydrogen-bond acceptors (Lipinski definition) is 2. The average molecular weight is 339 g/mol. The van der Waals surface area contributed by atoms with Crippen LogP contribution in [0.3, 0.4) is 0 Å². The van der Waals surface area contributed by atoms with Crippen LogP contribution in [0.15, 0.2) is 83.8 Å². The molecule has 0 bridgehead atoms. The van der Waals surface area contributed by atoms with E-state index in [-0.39, 0.29) is 11.6 Å². The monoisotopic (exact) mass is 339 g/mol. The predicted molar refractivity (Wildman–Crippen MR) is 92.7 cm³/mol. The highest BCUT2D eigenvalue weighted by atomic mass is 32.2. The van der Waals surface area contributed by atoms with Crippen LogP contribution < -0.4 is 4.72 Å². The third-order valence-corrected chi connectivity index (χ3v) is 4.54. The van der Waals surface area contributed by atoms with Crippen molar-refractivity contribution in [3.05, 3.63) is 95.8 Å². The molecule has 0 spiro atoms. The van der Waals surface area contributed by atoms with Crippen LogP contribution in [0.5, 0.6) is 0 Å². The Kier molecular flexibility index (Phi) is 4.82. The lowest BCUT2D eigenvalue weighted by molar-refractivity contribution is 0.103. The Morgan fingerprint density at radius 1 is 0.792 bits per heavy atom. The van der Waals surface area contributed by atoms with Gasteiger partial charge in [0.05, 0.1) is 4.90 Å². The minimum atomic E-state index is -1.37. The quantitative estimate of drug-likeness (QED) is 0.709. The second kappa shape index (κ2) is 7.19. The summed E-state index contributed by atoms with van der Waals surface area (Å²) in [5.41, 5.74) is 1.55. The first kappa shape index (κ1) is 16.1. The molecule has 3 aromatic carbocycles. The van der Waals surface area contributed by atoms with E-state index in [1.165, 1.54) is 24.3 Å². The van der Waals surface area contributed by atoms with Crippen molar-refractivity contribution in [3.63, 3.8) is 0 Å². The van der Waals surface area contributed by atoms with Gasteiger partial charge >= 0.3 is 0 Å². The standard InChI is InChI=1S/C19H14FNO2S/c20-16-10-6-14(7-11-16)19(22)15-8-12-17(13-9-15)21-24(23)18-4-2-1-3-5-18/h1-13,21H. The zero-order valence-corrected chi connectivity index (χ0v) is 13.4. The fraction of sp³-hybridized carbons (Fsp3) is 0. The second-order valence-corrected chi connectivity index (χ2v) is 6.31. The molecule has 1 unspecified atom stereocenters. The van der Waals surface area contributed by atoms with Crippen molar-refractivity contribution in [2.45, 2.75) is 4.90 Å². The normalized spacial score (nSPS) is 11.7. The van der Waals surface area contributed by atoms with Crippen LogP contribution >= 0.6 is 0 Å². The van der Waals surface area contributed by atoms with E-state index in [1.807, 2.05) is 18.2 Å². The third kappa shape index (κ3) is 3.75. The average Bonchev–Trinajstić information content (AvgIpc) is 2.63. The van der Waals surface area contributed by atoms with Gasteiger partial charge in [0.15, 0.2) is 5.78 Å². The van der Waals surface area contributed by atoms with E-state index in [0.717, 1.165) is 0 Å². The SMILES string of the molecule is O=C(c1ccc(F)cc1)c1ccc(NS(=O)c2ccccc2)cc1. The van der Waals surface area contributed by atoms with E-state index in [0.29, 0.717) is 21.7 Å². The van der Waals surface area contributed by atoms with Crippen molar-refractivity contribution in [2.24, 2.45) is 0 Å². The van der Waals surface area contributed by atoms with Gasteiger partial charge in [-0.3, -0.25) is 4.79 Å². The Morgan fingerprint density at radius 3 is 1.92 bits per heavy atom. The van der Waals surface area contributed by atoms with Crippen molar-refractivity contribution in [3.8, 4) is 0 Å². The highest BCUT2D eigenvalue weighted by Gasteiger charge is 2.10. The molecule has 0 aliphatic heterocycles. The first-order valence-electron chi connectivity index (χ1n) is 7.27. The molecule has 0 heterocycles. The van der Waals surface area contributed by atoms with Gasteiger partial charge in [0.25, 0.3) is 0 Å². The molecule has 0 fully saturated rings. The summed E-state index contributed by atoms with van der Waals surface area (Å²) in [5.74, 6) is -0.569. The lowest BCUT2D eigenvalue weighted by Gasteiger charge is -2.07. The minimum absolute atomic E-state index is 0.189. The minimum Gasteiger partial charge on any atom is -0.301 e. The van der Waals surface area contributed by atoms with Crippen LogP contribution in [-0.4, -0.2) is 9.99 Å². The molecule has 0 aromatic heterocycles. The molecule has 0 saturated carbocycles. The van der Waals surface area contributed by atoms with Crippen molar-refractivity contribution in [2.75, 3.05) is 4.72 Å². The van der Waals surface area contributed by atoms with E-state index in [1.54, 1.807) is 36.4 Å². The van der Waals surface area contributed by atoms with Gasteiger partial charge in [0, 0.05) is 16.8 Å². The van der Waals surface area contributed by atoms with Crippen LogP contribution in [-0.2, 0) is 11.0 Å². The van der Waals surface area contributed by atoms with E-state index in [9.17, 15) is 13.4 Å². The van der Waals surface area contributed by atoms with Gasteiger partial charge in [-0.1, -0.05) is 18.2 Å². The number of hydrogen-bond donors (Lipinski definition) is 1. The first-order chi connectivity index (χ1) is 11.6. The largest absolute Gasteiger partial charge is 0.301 e. The molecular formula is C19H14FNO2S. The highest BCUT2D eigenvalue weighted by molar-refractivity contribution is 7.86. The summed E-state index contributed by atoms with van der Waals surface area (Å²) in [4.78, 5) is 13.0. The Hall–Kier alpha value is -2.79. The lowest BCUT2D eigenvalue weighted by Crippen LogP contribution is -2.05. The molecule has 3 aromatic rings. The summed E-state index contributed by atoms with van der Waals surface area (Å²) in [7, 11) is -1.37. The predicted octanol–water partition coefficient (Wildman–Crippen LogP) is 4.19. The Balaban J connectivity index is 1.72. The molecule has 0 aliphatic carbocycles. The number of rotatable bonds is 5. The number of carbonyl (C=O) groups excluding carboxylic acids is 1. The summed E-state index contributed by atoms with van der Waals surface area (Å²) >= 11 is 0. The molecular weight excluding hydrogens is 325 g/mol. The third-order valence-electron chi connectivity index (χ3n) is 3.42. The van der Waals surface area contributed by atoms with Gasteiger partial charge in [0.2, 0.25) is 0 Å². The molecule has 0 amide bonds. The van der Waals surface area contributed by atoms with E-state index < -0.39 is 11.0 Å². The van der Waals surface area contributed by atoms with Crippen molar-refractivity contribution in [1.29, 1.82) is 0 Å². The Labute approximate surface area is 141 Å². The summed E-state index contributed by atoms with van der Waals surface area (Å²) in [6.07, 6.45) is 0. The topological polar surface area (TPSA) is 46.2 Å². The number of carbonyl (C=O) groups is 1. The van der Waals surface area contributed by atoms with Crippen molar-refractivity contribution >= 4 is 22.5 Å². The number of ketones is 1. The van der Waals surface area contributed by atoms with E-state index in [4.69, 9.17) is 0 Å². The van der Waals surface area contributed by atoms with Crippen LogP contribution in [0.4, 0.5) is 10.1 Å². The van der Waals surface area contributed by atoms with E-state index >= 15 is 0 Å². The molecule has 1 N–H and O–H groups in total. The molecule has 120 valence electrons. The van der Waals surface area contributed by atoms with Crippen molar-refractivity contribution in [1.82, 2.24) is 0 Å². The molecule has 5 heteroatoms. The zero-order chi connectivity index (χ0) is 16.9. The molecule has 0 radical (unpaired) electrons. The molecule has 3 nitrogen and oxygen atoms in total. The molecule has 0 aliphatic rings. The number of halogens is 1. The van der Waals surface area contributed by atoms with Gasteiger partial charge < -0.3 is 4.72 Å². The van der Waals surface area contributed by atoms with Crippen molar-refractivity contribution < 1.29 is 13.4 Å². The maximum atomic E-state index is 12.9. The highest BCUT2D eigenvalue weighted by Crippen LogP contribution is 2.16. The molecule has 24 heavy (non-hydrogen) atoms. The number of benzene rings is 3. The number of anilines is 1.